The van der Waals surface area contributed by atoms with Gasteiger partial charge < -0.3 is 15.4 Å². The molecule has 90 valence electrons. The van der Waals surface area contributed by atoms with Crippen molar-refractivity contribution in [3.8, 4) is 0 Å². The zero-order valence-corrected chi connectivity index (χ0v) is 10.6. The molecule has 0 amide bonds. The summed E-state index contributed by atoms with van der Waals surface area (Å²) in [6.45, 7) is 7.85. The second-order valence-electron chi connectivity index (χ2n) is 3.10. The molecule has 0 spiro atoms. The summed E-state index contributed by atoms with van der Waals surface area (Å²) in [6.07, 6.45) is 0. The van der Waals surface area contributed by atoms with Crippen LogP contribution in [0.15, 0.2) is 0 Å². The third-order valence-corrected chi connectivity index (χ3v) is 3.25. The molecule has 0 aliphatic carbocycles. The number of nitrogens with two attached hydrogens (primary N) is 1. The number of thiazole rings is 1. The molecule has 1 aromatic rings. The summed E-state index contributed by atoms with van der Waals surface area (Å²) in [5.74, 6) is -0.138. The number of carbonyl (C=O) groups excluding carboxylic acids is 1. The smallest absolute Gasteiger partial charge is 0.352 e. The quantitative estimate of drug-likeness (QED) is 0.798. The second kappa shape index (κ2) is 5.69. The Morgan fingerprint density at radius 2 is 2.06 bits per heavy atom. The van der Waals surface area contributed by atoms with Gasteiger partial charge in [0.25, 0.3) is 0 Å². The zero-order valence-electron chi connectivity index (χ0n) is 9.82. The van der Waals surface area contributed by atoms with Crippen molar-refractivity contribution in [3.05, 3.63) is 4.88 Å². The van der Waals surface area contributed by atoms with E-state index < -0.39 is 5.97 Å². The fourth-order valence-electron chi connectivity index (χ4n) is 1.29. The van der Waals surface area contributed by atoms with Gasteiger partial charge in [0.15, 0.2) is 15.8 Å². The lowest BCUT2D eigenvalue weighted by atomic mass is 10.5. The highest BCUT2D eigenvalue weighted by Gasteiger charge is 2.19. The van der Waals surface area contributed by atoms with Gasteiger partial charge in [-0.3, -0.25) is 0 Å². The van der Waals surface area contributed by atoms with Crippen LogP contribution < -0.4 is 10.6 Å². The highest BCUT2D eigenvalue weighted by Crippen LogP contribution is 2.28. The number of anilines is 2. The third kappa shape index (κ3) is 2.63. The fraction of sp³-hybridized carbons (Fsp3) is 0.600. The summed E-state index contributed by atoms with van der Waals surface area (Å²) in [7, 11) is 0. The maximum atomic E-state index is 11.5. The van der Waals surface area contributed by atoms with Crippen LogP contribution in [0.25, 0.3) is 0 Å². The van der Waals surface area contributed by atoms with Gasteiger partial charge >= 0.3 is 5.97 Å². The highest BCUT2D eigenvalue weighted by atomic mass is 32.1. The van der Waals surface area contributed by atoms with Crippen LogP contribution >= 0.6 is 11.3 Å². The van der Waals surface area contributed by atoms with Gasteiger partial charge in [-0.25, -0.2) is 9.78 Å². The van der Waals surface area contributed by atoms with E-state index in [4.69, 9.17) is 10.5 Å². The van der Waals surface area contributed by atoms with Crippen LogP contribution in [0.3, 0.4) is 0 Å². The molecule has 0 unspecified atom stereocenters. The molecule has 0 aliphatic heterocycles. The molecule has 0 saturated heterocycles. The van der Waals surface area contributed by atoms with Crippen molar-refractivity contribution in [3.63, 3.8) is 0 Å². The number of ether oxygens (including phenoxy) is 1. The molecule has 1 rings (SSSR count). The average Bonchev–Trinajstić information content (AvgIpc) is 2.63. The Labute approximate surface area is 99.2 Å². The Hall–Kier alpha value is -1.30. The number of nitrogen functional groups attached to an aromatic ring is 1. The monoisotopic (exact) mass is 243 g/mol. The van der Waals surface area contributed by atoms with Crippen molar-refractivity contribution in [1.82, 2.24) is 4.98 Å². The van der Waals surface area contributed by atoms with Crippen LogP contribution in [0.1, 0.15) is 30.4 Å². The SMILES string of the molecule is CCOC(=O)c1sc(N(CC)CC)nc1N. The van der Waals surface area contributed by atoms with Crippen molar-refractivity contribution >= 4 is 28.3 Å². The summed E-state index contributed by atoms with van der Waals surface area (Å²) in [6, 6.07) is 0. The lowest BCUT2D eigenvalue weighted by Crippen LogP contribution is -2.21. The Kier molecular flexibility index (Phi) is 4.54. The minimum atomic E-state index is -0.393. The van der Waals surface area contributed by atoms with Crippen molar-refractivity contribution in [1.29, 1.82) is 0 Å². The Morgan fingerprint density at radius 1 is 1.44 bits per heavy atom. The number of hydrogen-bond acceptors (Lipinski definition) is 6. The maximum absolute atomic E-state index is 11.5. The molecule has 1 aromatic heterocycles. The van der Waals surface area contributed by atoms with Gasteiger partial charge in [0.1, 0.15) is 0 Å². The molecular formula is C10H17N3O2S. The molecule has 0 aliphatic rings. The van der Waals surface area contributed by atoms with E-state index in [0.717, 1.165) is 18.2 Å². The van der Waals surface area contributed by atoms with Crippen molar-refractivity contribution < 1.29 is 9.53 Å². The highest BCUT2D eigenvalue weighted by molar-refractivity contribution is 7.18. The van der Waals surface area contributed by atoms with E-state index in [9.17, 15) is 4.79 Å². The first-order valence-corrected chi connectivity index (χ1v) is 6.13. The molecule has 1 heterocycles. The lowest BCUT2D eigenvalue weighted by molar-refractivity contribution is 0.0533. The predicted octanol–water partition coefficient (Wildman–Crippen LogP) is 1.75. The summed E-state index contributed by atoms with van der Waals surface area (Å²) in [5, 5.41) is 0.769. The molecule has 0 radical (unpaired) electrons. The molecule has 0 fully saturated rings. The summed E-state index contributed by atoms with van der Waals surface area (Å²) in [5.41, 5.74) is 5.69. The molecule has 0 saturated carbocycles. The number of nitrogens with zero attached hydrogens (tertiary/aromatic N) is 2. The number of hydrogen-bond donors (Lipinski definition) is 1. The number of rotatable bonds is 5. The normalized spacial score (nSPS) is 10.2. The van der Waals surface area contributed by atoms with Gasteiger partial charge in [-0.05, 0) is 20.8 Å². The molecule has 0 aromatic carbocycles. The fourth-order valence-corrected chi connectivity index (χ4v) is 2.30. The van der Waals surface area contributed by atoms with Gasteiger partial charge in [0.2, 0.25) is 0 Å². The Bertz CT molecular complexity index is 361. The van der Waals surface area contributed by atoms with Gasteiger partial charge in [0, 0.05) is 13.1 Å². The van der Waals surface area contributed by atoms with E-state index >= 15 is 0 Å². The standard InChI is InChI=1S/C10H17N3O2S/c1-4-13(5-2)10-12-8(11)7(16-10)9(14)15-6-3/h4-6,11H2,1-3H3. The minimum Gasteiger partial charge on any atom is -0.462 e. The van der Waals surface area contributed by atoms with Crippen LogP contribution in [-0.2, 0) is 4.74 Å². The first-order valence-electron chi connectivity index (χ1n) is 5.32. The molecule has 6 heteroatoms. The van der Waals surface area contributed by atoms with Crippen molar-refractivity contribution in [2.45, 2.75) is 20.8 Å². The summed E-state index contributed by atoms with van der Waals surface area (Å²) < 4.78 is 4.90. The topological polar surface area (TPSA) is 68.5 Å². The van der Waals surface area contributed by atoms with E-state index in [1.807, 2.05) is 18.7 Å². The first kappa shape index (κ1) is 12.8. The van der Waals surface area contributed by atoms with Crippen molar-refractivity contribution in [2.24, 2.45) is 0 Å². The van der Waals surface area contributed by atoms with E-state index in [2.05, 4.69) is 4.98 Å². The second-order valence-corrected chi connectivity index (χ2v) is 4.08. The minimum absolute atomic E-state index is 0.255. The number of carbonyl (C=O) groups is 1. The van der Waals surface area contributed by atoms with Crippen LogP contribution in [-0.4, -0.2) is 30.6 Å². The Morgan fingerprint density at radius 3 is 2.56 bits per heavy atom. The largest absolute Gasteiger partial charge is 0.462 e. The lowest BCUT2D eigenvalue weighted by Gasteiger charge is -2.16. The van der Waals surface area contributed by atoms with E-state index in [1.165, 1.54) is 11.3 Å². The van der Waals surface area contributed by atoms with Crippen LogP contribution in [0.5, 0.6) is 0 Å². The van der Waals surface area contributed by atoms with Gasteiger partial charge in [-0.15, -0.1) is 0 Å². The summed E-state index contributed by atoms with van der Waals surface area (Å²) in [4.78, 5) is 18.1. The zero-order chi connectivity index (χ0) is 12.1. The molecule has 0 bridgehead atoms. The van der Waals surface area contributed by atoms with E-state index in [-0.39, 0.29) is 5.82 Å². The van der Waals surface area contributed by atoms with Gasteiger partial charge in [-0.1, -0.05) is 11.3 Å². The first-order chi connectivity index (χ1) is 7.63. The average molecular weight is 243 g/mol. The van der Waals surface area contributed by atoms with E-state index in [0.29, 0.717) is 11.5 Å². The molecule has 5 nitrogen and oxygen atoms in total. The van der Waals surface area contributed by atoms with Crippen LogP contribution in [0, 0.1) is 0 Å². The van der Waals surface area contributed by atoms with Crippen LogP contribution in [0.4, 0.5) is 10.9 Å². The van der Waals surface area contributed by atoms with Crippen molar-refractivity contribution in [2.75, 3.05) is 30.3 Å². The number of aromatic nitrogens is 1. The van der Waals surface area contributed by atoms with Gasteiger partial charge in [0.05, 0.1) is 6.61 Å². The molecule has 2 N–H and O–H groups in total. The summed E-state index contributed by atoms with van der Waals surface area (Å²) >= 11 is 1.28. The maximum Gasteiger partial charge on any atom is 0.352 e. The Balaban J connectivity index is 2.92. The number of esters is 1. The van der Waals surface area contributed by atoms with Gasteiger partial charge in [-0.2, -0.15) is 0 Å². The molecule has 16 heavy (non-hydrogen) atoms. The predicted molar refractivity (Wildman–Crippen MR) is 66.0 cm³/mol. The molecule has 0 atom stereocenters. The van der Waals surface area contributed by atoms with Crippen LogP contribution in [0.2, 0.25) is 0 Å². The van der Waals surface area contributed by atoms with E-state index in [1.54, 1.807) is 6.92 Å². The molecular weight excluding hydrogens is 226 g/mol. The third-order valence-electron chi connectivity index (χ3n) is 2.14.